The van der Waals surface area contributed by atoms with Crippen LogP contribution < -0.4 is 9.47 Å². The number of aromatic nitrogens is 3. The molecular formula is C15H14BrN3O2. The number of aryl methyl sites for hydroxylation is 1. The van der Waals surface area contributed by atoms with Crippen molar-refractivity contribution >= 4 is 27.0 Å². The highest BCUT2D eigenvalue weighted by atomic mass is 79.9. The van der Waals surface area contributed by atoms with Gasteiger partial charge in [-0.2, -0.15) is 4.98 Å². The van der Waals surface area contributed by atoms with E-state index in [0.717, 1.165) is 26.9 Å². The summed E-state index contributed by atoms with van der Waals surface area (Å²) >= 11 is 3.51. The molecule has 0 N–H and O–H groups in total. The summed E-state index contributed by atoms with van der Waals surface area (Å²) in [6, 6.07) is 7.58. The highest BCUT2D eigenvalue weighted by Gasteiger charge is 2.07. The molecule has 0 spiro atoms. The molecular weight excluding hydrogens is 334 g/mol. The second-order valence-corrected chi connectivity index (χ2v) is 5.44. The lowest BCUT2D eigenvalue weighted by atomic mass is 10.3. The predicted molar refractivity (Wildman–Crippen MR) is 83.5 cm³/mol. The number of hydrogen-bond acceptors (Lipinski definition) is 4. The monoisotopic (exact) mass is 347 g/mol. The highest BCUT2D eigenvalue weighted by molar-refractivity contribution is 9.10. The second kappa shape index (κ2) is 5.73. The molecule has 0 aliphatic heterocycles. The van der Waals surface area contributed by atoms with Crippen molar-refractivity contribution in [2.75, 3.05) is 7.11 Å². The Kier molecular flexibility index (Phi) is 3.79. The first-order valence-electron chi connectivity index (χ1n) is 6.40. The Labute approximate surface area is 130 Å². The molecule has 3 aromatic rings. The molecule has 5 nitrogen and oxygen atoms in total. The number of methoxy groups -OCH3 is 1. The van der Waals surface area contributed by atoms with Crippen LogP contribution in [0.5, 0.6) is 11.6 Å². The van der Waals surface area contributed by atoms with E-state index in [0.29, 0.717) is 12.5 Å². The number of ether oxygens (including phenoxy) is 2. The largest absolute Gasteiger partial charge is 0.495 e. The zero-order chi connectivity index (χ0) is 14.8. The van der Waals surface area contributed by atoms with E-state index in [1.165, 1.54) is 0 Å². The van der Waals surface area contributed by atoms with E-state index in [2.05, 4.69) is 25.9 Å². The van der Waals surface area contributed by atoms with Gasteiger partial charge >= 0.3 is 0 Å². The normalized spacial score (nSPS) is 10.8. The highest BCUT2D eigenvalue weighted by Crippen LogP contribution is 2.26. The SMILES string of the molecule is COc1ccc(COc2ccc3c(Br)cn(C)c3n2)nc1. The summed E-state index contributed by atoms with van der Waals surface area (Å²) in [5.41, 5.74) is 1.70. The van der Waals surface area contributed by atoms with E-state index < -0.39 is 0 Å². The van der Waals surface area contributed by atoms with Crippen molar-refractivity contribution in [2.24, 2.45) is 7.05 Å². The Hall–Kier alpha value is -2.08. The molecule has 0 aliphatic carbocycles. The first kappa shape index (κ1) is 13.9. The minimum Gasteiger partial charge on any atom is -0.495 e. The van der Waals surface area contributed by atoms with Crippen LogP contribution in [0.1, 0.15) is 5.69 Å². The van der Waals surface area contributed by atoms with Crippen LogP contribution in [0.25, 0.3) is 11.0 Å². The molecule has 3 heterocycles. The van der Waals surface area contributed by atoms with Gasteiger partial charge in [-0.25, -0.2) is 0 Å². The van der Waals surface area contributed by atoms with Crippen molar-refractivity contribution in [3.8, 4) is 11.6 Å². The molecule has 0 saturated carbocycles. The van der Waals surface area contributed by atoms with Crippen molar-refractivity contribution in [1.82, 2.24) is 14.5 Å². The summed E-state index contributed by atoms with van der Waals surface area (Å²) < 4.78 is 13.7. The molecule has 108 valence electrons. The summed E-state index contributed by atoms with van der Waals surface area (Å²) in [6.07, 6.45) is 3.65. The van der Waals surface area contributed by atoms with Crippen LogP contribution in [0.15, 0.2) is 41.1 Å². The Balaban J connectivity index is 1.76. The topological polar surface area (TPSA) is 49.2 Å². The lowest BCUT2D eigenvalue weighted by Crippen LogP contribution is -2.00. The smallest absolute Gasteiger partial charge is 0.215 e. The third kappa shape index (κ3) is 2.85. The summed E-state index contributed by atoms with van der Waals surface area (Å²) in [4.78, 5) is 8.76. The van der Waals surface area contributed by atoms with Crippen molar-refractivity contribution < 1.29 is 9.47 Å². The fraction of sp³-hybridized carbons (Fsp3) is 0.200. The van der Waals surface area contributed by atoms with Crippen LogP contribution in [-0.4, -0.2) is 21.6 Å². The van der Waals surface area contributed by atoms with Crippen LogP contribution in [0, 0.1) is 0 Å². The van der Waals surface area contributed by atoms with Crippen molar-refractivity contribution in [3.05, 3.63) is 46.8 Å². The third-order valence-corrected chi connectivity index (χ3v) is 3.78. The van der Waals surface area contributed by atoms with E-state index in [9.17, 15) is 0 Å². The van der Waals surface area contributed by atoms with Gasteiger partial charge in [-0.1, -0.05) is 0 Å². The van der Waals surface area contributed by atoms with E-state index in [1.807, 2.05) is 42.1 Å². The lowest BCUT2D eigenvalue weighted by Gasteiger charge is -2.06. The average Bonchev–Trinajstić information content (AvgIpc) is 2.80. The van der Waals surface area contributed by atoms with Crippen LogP contribution in [-0.2, 0) is 13.7 Å². The molecule has 0 fully saturated rings. The molecule has 0 bridgehead atoms. The molecule has 3 aromatic heterocycles. The van der Waals surface area contributed by atoms with Gasteiger partial charge in [-0.3, -0.25) is 4.98 Å². The minimum absolute atomic E-state index is 0.369. The fourth-order valence-electron chi connectivity index (χ4n) is 2.03. The summed E-state index contributed by atoms with van der Waals surface area (Å²) in [5, 5.41) is 1.06. The Bertz CT molecular complexity index is 768. The Morgan fingerprint density at radius 2 is 2.10 bits per heavy atom. The molecule has 0 amide bonds. The van der Waals surface area contributed by atoms with Gasteiger partial charge in [0.05, 0.1) is 19.0 Å². The zero-order valence-corrected chi connectivity index (χ0v) is 13.3. The van der Waals surface area contributed by atoms with Crippen LogP contribution in [0.2, 0.25) is 0 Å². The Morgan fingerprint density at radius 3 is 2.81 bits per heavy atom. The maximum atomic E-state index is 5.69. The van der Waals surface area contributed by atoms with Crippen LogP contribution in [0.3, 0.4) is 0 Å². The fourth-order valence-corrected chi connectivity index (χ4v) is 2.65. The molecule has 0 aliphatic rings. The zero-order valence-electron chi connectivity index (χ0n) is 11.7. The standard InChI is InChI=1S/C15H14BrN3O2/c1-19-8-13(16)12-5-6-14(18-15(12)19)21-9-10-3-4-11(20-2)7-17-10/h3-8H,9H2,1-2H3. The molecule has 0 unspecified atom stereocenters. The minimum atomic E-state index is 0.369. The first-order chi connectivity index (χ1) is 10.2. The van der Waals surface area contributed by atoms with Gasteiger partial charge in [-0.05, 0) is 34.1 Å². The quantitative estimate of drug-likeness (QED) is 0.726. The number of rotatable bonds is 4. The molecule has 0 atom stereocenters. The van der Waals surface area contributed by atoms with Crippen LogP contribution in [0.4, 0.5) is 0 Å². The summed E-state index contributed by atoms with van der Waals surface area (Å²) in [7, 11) is 3.57. The first-order valence-corrected chi connectivity index (χ1v) is 7.20. The van der Waals surface area contributed by atoms with Gasteiger partial charge in [0, 0.05) is 29.2 Å². The molecule has 6 heteroatoms. The number of pyridine rings is 2. The molecule has 0 saturated heterocycles. The van der Waals surface area contributed by atoms with Gasteiger partial charge in [0.1, 0.15) is 18.0 Å². The van der Waals surface area contributed by atoms with E-state index in [-0.39, 0.29) is 0 Å². The summed E-state index contributed by atoms with van der Waals surface area (Å²) in [5.74, 6) is 1.31. The molecule has 0 aromatic carbocycles. The van der Waals surface area contributed by atoms with E-state index in [1.54, 1.807) is 13.3 Å². The van der Waals surface area contributed by atoms with Crippen LogP contribution >= 0.6 is 15.9 Å². The molecule has 0 radical (unpaired) electrons. The second-order valence-electron chi connectivity index (χ2n) is 4.59. The Morgan fingerprint density at radius 1 is 1.24 bits per heavy atom. The predicted octanol–water partition coefficient (Wildman–Crippen LogP) is 3.32. The molecule has 3 rings (SSSR count). The van der Waals surface area contributed by atoms with Gasteiger partial charge in [0.25, 0.3) is 0 Å². The van der Waals surface area contributed by atoms with Crippen molar-refractivity contribution in [1.29, 1.82) is 0 Å². The lowest BCUT2D eigenvalue weighted by molar-refractivity contribution is 0.289. The number of hydrogen-bond donors (Lipinski definition) is 0. The summed E-state index contributed by atoms with van der Waals surface area (Å²) in [6.45, 7) is 0.369. The average molecular weight is 348 g/mol. The van der Waals surface area contributed by atoms with Crippen molar-refractivity contribution in [3.63, 3.8) is 0 Å². The van der Waals surface area contributed by atoms with E-state index in [4.69, 9.17) is 9.47 Å². The van der Waals surface area contributed by atoms with Crippen molar-refractivity contribution in [2.45, 2.75) is 6.61 Å². The number of halogens is 1. The van der Waals surface area contributed by atoms with Gasteiger partial charge in [0.2, 0.25) is 5.88 Å². The number of fused-ring (bicyclic) bond motifs is 1. The molecule has 21 heavy (non-hydrogen) atoms. The third-order valence-electron chi connectivity index (χ3n) is 3.15. The maximum Gasteiger partial charge on any atom is 0.215 e. The van der Waals surface area contributed by atoms with E-state index >= 15 is 0 Å². The van der Waals surface area contributed by atoms with Gasteiger partial charge < -0.3 is 14.0 Å². The maximum absolute atomic E-state index is 5.69. The van der Waals surface area contributed by atoms with Gasteiger partial charge in [-0.15, -0.1) is 0 Å². The number of nitrogens with zero attached hydrogens (tertiary/aromatic N) is 3. The van der Waals surface area contributed by atoms with Gasteiger partial charge in [0.15, 0.2) is 0 Å².